The third-order valence-corrected chi connectivity index (χ3v) is 5.07. The Balaban J connectivity index is 1.72. The first-order chi connectivity index (χ1) is 11.1. The second-order valence-corrected chi connectivity index (χ2v) is 6.76. The minimum atomic E-state index is 0.204. The van der Waals surface area contributed by atoms with E-state index in [0.717, 1.165) is 51.1 Å². The van der Waals surface area contributed by atoms with Gasteiger partial charge in [-0.05, 0) is 48.9 Å². The molecule has 0 unspecified atom stereocenters. The number of hydrogen-bond donors (Lipinski definition) is 1. The fraction of sp³-hybridized carbons (Fsp3) is 0.526. The zero-order valence-electron chi connectivity index (χ0n) is 14.3. The van der Waals surface area contributed by atoms with Crippen LogP contribution in [0.4, 0.5) is 0 Å². The van der Waals surface area contributed by atoms with E-state index in [2.05, 4.69) is 37.0 Å². The predicted octanol–water partition coefficient (Wildman–Crippen LogP) is 1.78. The van der Waals surface area contributed by atoms with Crippen LogP contribution in [0.1, 0.15) is 28.7 Å². The Hall–Kier alpha value is -1.65. The van der Waals surface area contributed by atoms with E-state index in [1.54, 1.807) is 0 Å². The molecule has 1 aromatic carbocycles. The van der Waals surface area contributed by atoms with Crippen LogP contribution in [0.25, 0.3) is 0 Å². The Morgan fingerprint density at radius 1 is 1.13 bits per heavy atom. The van der Waals surface area contributed by atoms with Gasteiger partial charge in [0.15, 0.2) is 0 Å². The van der Waals surface area contributed by atoms with E-state index in [1.807, 2.05) is 4.90 Å². The lowest BCUT2D eigenvalue weighted by Gasteiger charge is -2.33. The number of rotatable bonds is 3. The summed E-state index contributed by atoms with van der Waals surface area (Å²) < 4.78 is 0. The smallest absolute Gasteiger partial charge is 0.251 e. The lowest BCUT2D eigenvalue weighted by molar-refractivity contribution is -0.128. The van der Waals surface area contributed by atoms with Gasteiger partial charge >= 0.3 is 0 Å². The molecule has 1 aromatic rings. The molecule has 0 bridgehead atoms. The minimum absolute atomic E-state index is 0.204. The van der Waals surface area contributed by atoms with Crippen LogP contribution in [0, 0.1) is 13.8 Å². The monoisotopic (exact) mass is 313 g/mol. The van der Waals surface area contributed by atoms with Crippen LogP contribution in [0.15, 0.2) is 23.8 Å². The van der Waals surface area contributed by atoms with Crippen LogP contribution in [0.3, 0.4) is 0 Å². The summed E-state index contributed by atoms with van der Waals surface area (Å²) in [6, 6.07) is 4.54. The first-order valence-electron chi connectivity index (χ1n) is 8.58. The molecule has 124 valence electrons. The first kappa shape index (κ1) is 16.2. The molecular formula is C19H27N3O. The van der Waals surface area contributed by atoms with Crippen molar-refractivity contribution in [3.05, 3.63) is 46.0 Å². The number of amides is 1. The summed E-state index contributed by atoms with van der Waals surface area (Å²) >= 11 is 0. The second kappa shape index (κ2) is 6.85. The van der Waals surface area contributed by atoms with Crippen LogP contribution in [-0.4, -0.2) is 48.4 Å². The van der Waals surface area contributed by atoms with Crippen LogP contribution in [0.5, 0.6) is 0 Å². The molecule has 0 spiro atoms. The van der Waals surface area contributed by atoms with E-state index in [4.69, 9.17) is 5.73 Å². The molecule has 0 fully saturated rings. The van der Waals surface area contributed by atoms with Crippen molar-refractivity contribution in [1.82, 2.24) is 9.80 Å². The van der Waals surface area contributed by atoms with E-state index in [9.17, 15) is 4.79 Å². The molecule has 2 aliphatic heterocycles. The van der Waals surface area contributed by atoms with Gasteiger partial charge in [0.25, 0.3) is 5.91 Å². The number of carbonyl (C=O) groups is 1. The van der Waals surface area contributed by atoms with Gasteiger partial charge in [0.2, 0.25) is 0 Å². The van der Waals surface area contributed by atoms with E-state index in [-0.39, 0.29) is 5.91 Å². The van der Waals surface area contributed by atoms with Gasteiger partial charge < -0.3 is 10.6 Å². The van der Waals surface area contributed by atoms with Gasteiger partial charge in [-0.2, -0.15) is 0 Å². The number of nitrogens with two attached hydrogens (primary N) is 1. The van der Waals surface area contributed by atoms with Crippen molar-refractivity contribution >= 4 is 5.91 Å². The van der Waals surface area contributed by atoms with E-state index in [1.165, 1.54) is 22.3 Å². The van der Waals surface area contributed by atoms with Crippen molar-refractivity contribution < 1.29 is 4.79 Å². The Bertz CT molecular complexity index is 636. The van der Waals surface area contributed by atoms with Crippen LogP contribution >= 0.6 is 0 Å². The Morgan fingerprint density at radius 2 is 1.87 bits per heavy atom. The molecule has 4 heteroatoms. The van der Waals surface area contributed by atoms with E-state index < -0.39 is 0 Å². The van der Waals surface area contributed by atoms with Crippen molar-refractivity contribution in [2.24, 2.45) is 5.73 Å². The normalized spacial score (nSPS) is 18.6. The van der Waals surface area contributed by atoms with Crippen molar-refractivity contribution in [2.45, 2.75) is 33.2 Å². The summed E-state index contributed by atoms with van der Waals surface area (Å²) in [5.74, 6) is 0.204. The number of carbonyl (C=O) groups excluding carboxylic acids is 1. The fourth-order valence-electron chi connectivity index (χ4n) is 3.57. The summed E-state index contributed by atoms with van der Waals surface area (Å²) in [7, 11) is 0. The number of nitrogens with zero attached hydrogens (tertiary/aromatic N) is 2. The molecule has 2 N–H and O–H groups in total. The van der Waals surface area contributed by atoms with Gasteiger partial charge in [-0.15, -0.1) is 0 Å². The van der Waals surface area contributed by atoms with Crippen molar-refractivity contribution in [3.63, 3.8) is 0 Å². The van der Waals surface area contributed by atoms with Gasteiger partial charge in [-0.25, -0.2) is 0 Å². The molecule has 0 saturated heterocycles. The Kier molecular flexibility index (Phi) is 4.83. The SMILES string of the molecule is Cc1cc2c(cc1C)CN(C(=O)C1=CCCN(CCN)C1)CC2. The van der Waals surface area contributed by atoms with Crippen molar-refractivity contribution in [2.75, 3.05) is 32.7 Å². The zero-order valence-corrected chi connectivity index (χ0v) is 14.3. The highest BCUT2D eigenvalue weighted by Crippen LogP contribution is 2.24. The van der Waals surface area contributed by atoms with Crippen LogP contribution in [-0.2, 0) is 17.8 Å². The molecule has 3 rings (SSSR count). The lowest BCUT2D eigenvalue weighted by Crippen LogP contribution is -2.42. The van der Waals surface area contributed by atoms with E-state index >= 15 is 0 Å². The molecule has 0 saturated carbocycles. The maximum Gasteiger partial charge on any atom is 0.251 e. The average Bonchev–Trinajstić information content (AvgIpc) is 2.55. The molecule has 4 nitrogen and oxygen atoms in total. The summed E-state index contributed by atoms with van der Waals surface area (Å²) in [6.45, 7) is 9.13. The van der Waals surface area contributed by atoms with E-state index in [0.29, 0.717) is 6.54 Å². The molecule has 0 aliphatic carbocycles. The Morgan fingerprint density at radius 3 is 2.61 bits per heavy atom. The van der Waals surface area contributed by atoms with Crippen molar-refractivity contribution in [3.8, 4) is 0 Å². The molecule has 0 atom stereocenters. The van der Waals surface area contributed by atoms with Gasteiger partial charge in [-0.1, -0.05) is 18.2 Å². The first-order valence-corrected chi connectivity index (χ1v) is 8.58. The minimum Gasteiger partial charge on any atom is -0.334 e. The van der Waals surface area contributed by atoms with Gasteiger partial charge in [0.05, 0.1) is 0 Å². The van der Waals surface area contributed by atoms with Gasteiger partial charge in [0, 0.05) is 44.8 Å². The summed E-state index contributed by atoms with van der Waals surface area (Å²) in [6.07, 6.45) is 4.02. The number of fused-ring (bicyclic) bond motifs is 1. The topological polar surface area (TPSA) is 49.6 Å². The lowest BCUT2D eigenvalue weighted by atomic mass is 9.94. The number of benzene rings is 1. The Labute approximate surface area is 138 Å². The van der Waals surface area contributed by atoms with Crippen LogP contribution < -0.4 is 5.73 Å². The second-order valence-electron chi connectivity index (χ2n) is 6.76. The quantitative estimate of drug-likeness (QED) is 0.925. The largest absolute Gasteiger partial charge is 0.334 e. The maximum atomic E-state index is 12.9. The third-order valence-electron chi connectivity index (χ3n) is 5.07. The highest BCUT2D eigenvalue weighted by molar-refractivity contribution is 5.94. The van der Waals surface area contributed by atoms with Gasteiger partial charge in [0.1, 0.15) is 0 Å². The van der Waals surface area contributed by atoms with Crippen LogP contribution in [0.2, 0.25) is 0 Å². The number of hydrogen-bond acceptors (Lipinski definition) is 3. The predicted molar refractivity (Wildman–Crippen MR) is 93.2 cm³/mol. The highest BCUT2D eigenvalue weighted by atomic mass is 16.2. The number of aryl methyl sites for hydroxylation is 2. The van der Waals surface area contributed by atoms with Gasteiger partial charge in [-0.3, -0.25) is 9.69 Å². The molecular weight excluding hydrogens is 286 g/mol. The molecule has 2 heterocycles. The highest BCUT2D eigenvalue weighted by Gasteiger charge is 2.25. The third kappa shape index (κ3) is 3.48. The van der Waals surface area contributed by atoms with Crippen molar-refractivity contribution in [1.29, 1.82) is 0 Å². The molecule has 2 aliphatic rings. The zero-order chi connectivity index (χ0) is 16.4. The average molecular weight is 313 g/mol. The molecule has 1 amide bonds. The summed E-state index contributed by atoms with van der Waals surface area (Å²) in [4.78, 5) is 17.1. The fourth-order valence-corrected chi connectivity index (χ4v) is 3.57. The molecule has 23 heavy (non-hydrogen) atoms. The summed E-state index contributed by atoms with van der Waals surface area (Å²) in [5.41, 5.74) is 12.0. The summed E-state index contributed by atoms with van der Waals surface area (Å²) in [5, 5.41) is 0. The molecule has 0 aromatic heterocycles. The molecule has 0 radical (unpaired) electrons. The maximum absolute atomic E-state index is 12.9. The standard InChI is InChI=1S/C19H27N3O/c1-14-10-16-5-8-22(13-18(16)11-15(14)2)19(23)17-4-3-7-21(12-17)9-6-20/h4,10-11H,3,5-9,12-13,20H2,1-2H3.